The van der Waals surface area contributed by atoms with Crippen LogP contribution in [0.4, 0.5) is 0 Å². The van der Waals surface area contributed by atoms with Gasteiger partial charge in [0.15, 0.2) is 0 Å². The molecule has 0 saturated heterocycles. The Balaban J connectivity index is 2.88. The van der Waals surface area contributed by atoms with Crippen molar-refractivity contribution >= 4 is 37.8 Å². The first-order valence-electron chi connectivity index (χ1n) is 6.78. The zero-order valence-corrected chi connectivity index (χ0v) is 15.8. The Kier molecular flexibility index (Phi) is 6.32. The summed E-state index contributed by atoms with van der Waals surface area (Å²) in [6.07, 6.45) is 0. The summed E-state index contributed by atoms with van der Waals surface area (Å²) in [5.74, 6) is -0.880. The second kappa shape index (κ2) is 7.41. The maximum atomic E-state index is 12.2. The number of carbonyl (C=O) groups is 2. The zero-order chi connectivity index (χ0) is 17.8. The first-order chi connectivity index (χ1) is 10.5. The molecule has 3 N–H and O–H groups in total. The van der Waals surface area contributed by atoms with Crippen molar-refractivity contribution in [3.63, 3.8) is 0 Å². The molecule has 1 rings (SSSR count). The molecule has 0 radical (unpaired) electrons. The second-order valence-electron chi connectivity index (χ2n) is 5.83. The molecular formula is C14H20BrN3O4S. The van der Waals surface area contributed by atoms with Crippen LogP contribution in [-0.2, 0) is 14.8 Å². The number of amides is 2. The summed E-state index contributed by atoms with van der Waals surface area (Å²) in [7, 11) is -2.37. The summed E-state index contributed by atoms with van der Waals surface area (Å²) in [5.41, 5.74) is -0.270. The topological polar surface area (TPSA) is 104 Å². The number of benzene rings is 1. The van der Waals surface area contributed by atoms with E-state index in [0.29, 0.717) is 4.47 Å². The van der Waals surface area contributed by atoms with Crippen LogP contribution in [0.3, 0.4) is 0 Å². The molecule has 1 aromatic rings. The largest absolute Gasteiger partial charge is 0.350 e. The van der Waals surface area contributed by atoms with E-state index >= 15 is 0 Å². The van der Waals surface area contributed by atoms with E-state index in [1.54, 1.807) is 0 Å². The third kappa shape index (κ3) is 5.92. The summed E-state index contributed by atoms with van der Waals surface area (Å²) in [6, 6.07) is 4.08. The lowest BCUT2D eigenvalue weighted by atomic mass is 10.1. The van der Waals surface area contributed by atoms with Crippen molar-refractivity contribution in [1.29, 1.82) is 0 Å². The fourth-order valence-electron chi connectivity index (χ4n) is 1.68. The van der Waals surface area contributed by atoms with Crippen molar-refractivity contribution in [3.05, 3.63) is 28.2 Å². The molecule has 23 heavy (non-hydrogen) atoms. The number of nitrogens with one attached hydrogen (secondary N) is 3. The van der Waals surface area contributed by atoms with Crippen molar-refractivity contribution in [3.8, 4) is 0 Å². The smallest absolute Gasteiger partial charge is 0.252 e. The summed E-state index contributed by atoms with van der Waals surface area (Å²) in [4.78, 5) is 23.8. The van der Waals surface area contributed by atoms with Crippen molar-refractivity contribution < 1.29 is 18.0 Å². The average molecular weight is 406 g/mol. The highest BCUT2D eigenvalue weighted by Crippen LogP contribution is 2.20. The lowest BCUT2D eigenvalue weighted by Gasteiger charge is -2.20. The van der Waals surface area contributed by atoms with Gasteiger partial charge in [-0.3, -0.25) is 9.59 Å². The molecule has 0 aliphatic rings. The lowest BCUT2D eigenvalue weighted by Crippen LogP contribution is -2.45. The predicted molar refractivity (Wildman–Crippen MR) is 90.6 cm³/mol. The molecule has 0 spiro atoms. The van der Waals surface area contributed by atoms with E-state index in [1.807, 2.05) is 20.8 Å². The summed E-state index contributed by atoms with van der Waals surface area (Å²) in [6.45, 7) is 5.28. The monoisotopic (exact) mass is 405 g/mol. The Morgan fingerprint density at radius 2 is 1.83 bits per heavy atom. The van der Waals surface area contributed by atoms with Gasteiger partial charge < -0.3 is 10.6 Å². The molecule has 0 atom stereocenters. The lowest BCUT2D eigenvalue weighted by molar-refractivity contribution is -0.121. The van der Waals surface area contributed by atoms with Crippen LogP contribution < -0.4 is 15.4 Å². The van der Waals surface area contributed by atoms with Gasteiger partial charge >= 0.3 is 0 Å². The fraction of sp³-hybridized carbons (Fsp3) is 0.429. The average Bonchev–Trinajstić information content (AvgIpc) is 2.43. The molecule has 2 amide bonds. The Morgan fingerprint density at radius 3 is 2.35 bits per heavy atom. The maximum absolute atomic E-state index is 12.2. The third-order valence-corrected chi connectivity index (χ3v) is 4.79. The molecule has 0 saturated carbocycles. The van der Waals surface area contributed by atoms with E-state index in [1.165, 1.54) is 25.2 Å². The Bertz CT molecular complexity index is 711. The van der Waals surface area contributed by atoms with Crippen LogP contribution in [0, 0.1) is 0 Å². The van der Waals surface area contributed by atoms with Gasteiger partial charge in [0.2, 0.25) is 15.9 Å². The Labute approximate surface area is 144 Å². The molecular weight excluding hydrogens is 386 g/mol. The summed E-state index contributed by atoms with van der Waals surface area (Å²) in [5, 5.41) is 5.18. The zero-order valence-electron chi connectivity index (χ0n) is 13.4. The van der Waals surface area contributed by atoms with E-state index in [-0.39, 0.29) is 22.9 Å². The maximum Gasteiger partial charge on any atom is 0.252 e. The molecule has 1 aromatic carbocycles. The number of hydrogen-bond donors (Lipinski definition) is 3. The van der Waals surface area contributed by atoms with E-state index in [9.17, 15) is 18.0 Å². The van der Waals surface area contributed by atoms with Crippen LogP contribution in [0.25, 0.3) is 0 Å². The van der Waals surface area contributed by atoms with E-state index in [4.69, 9.17) is 0 Å². The van der Waals surface area contributed by atoms with Crippen LogP contribution in [0.15, 0.2) is 27.6 Å². The first-order valence-corrected chi connectivity index (χ1v) is 9.06. The van der Waals surface area contributed by atoms with Crippen molar-refractivity contribution in [1.82, 2.24) is 15.4 Å². The molecule has 0 bridgehead atoms. The summed E-state index contributed by atoms with van der Waals surface area (Å²) < 4.78 is 26.2. The Morgan fingerprint density at radius 1 is 1.22 bits per heavy atom. The van der Waals surface area contributed by atoms with Gasteiger partial charge in [0.1, 0.15) is 0 Å². The van der Waals surface area contributed by atoms with Crippen LogP contribution in [0.5, 0.6) is 0 Å². The van der Waals surface area contributed by atoms with Gasteiger partial charge in [-0.05, 0) is 61.9 Å². The van der Waals surface area contributed by atoms with E-state index in [0.717, 1.165) is 0 Å². The highest BCUT2D eigenvalue weighted by atomic mass is 79.9. The predicted octanol–water partition coefficient (Wildman–Crippen LogP) is 1.00. The third-order valence-electron chi connectivity index (χ3n) is 2.69. The molecule has 0 heterocycles. The van der Waals surface area contributed by atoms with Crippen LogP contribution >= 0.6 is 15.9 Å². The minimum absolute atomic E-state index is 0.0347. The fourth-order valence-corrected chi connectivity index (χ4v) is 2.86. The van der Waals surface area contributed by atoms with Gasteiger partial charge in [-0.1, -0.05) is 0 Å². The number of carbonyl (C=O) groups excluding carboxylic acids is 2. The highest BCUT2D eigenvalue weighted by molar-refractivity contribution is 9.10. The quantitative estimate of drug-likeness (QED) is 0.679. The van der Waals surface area contributed by atoms with Gasteiger partial charge in [0.05, 0.1) is 17.0 Å². The molecule has 0 aromatic heterocycles. The van der Waals surface area contributed by atoms with Crippen LogP contribution in [-0.4, -0.2) is 39.4 Å². The van der Waals surface area contributed by atoms with Gasteiger partial charge in [-0.25, -0.2) is 13.1 Å². The van der Waals surface area contributed by atoms with Crippen molar-refractivity contribution in [2.45, 2.75) is 31.2 Å². The molecule has 7 nitrogen and oxygen atoms in total. The first kappa shape index (κ1) is 19.6. The molecule has 128 valence electrons. The van der Waals surface area contributed by atoms with Gasteiger partial charge in [0, 0.05) is 10.0 Å². The SMILES string of the molecule is CNS(=O)(=O)c1ccc(Br)c(C(=O)NCC(=O)NC(C)(C)C)c1. The van der Waals surface area contributed by atoms with Gasteiger partial charge in [0.25, 0.3) is 5.91 Å². The number of hydrogen-bond acceptors (Lipinski definition) is 4. The van der Waals surface area contributed by atoms with Gasteiger partial charge in [-0.15, -0.1) is 0 Å². The van der Waals surface area contributed by atoms with E-state index in [2.05, 4.69) is 31.3 Å². The number of halogens is 1. The number of sulfonamides is 1. The van der Waals surface area contributed by atoms with Gasteiger partial charge in [-0.2, -0.15) is 0 Å². The van der Waals surface area contributed by atoms with Crippen molar-refractivity contribution in [2.24, 2.45) is 0 Å². The molecule has 0 aliphatic carbocycles. The normalized spacial score (nSPS) is 11.9. The van der Waals surface area contributed by atoms with E-state index < -0.39 is 21.5 Å². The van der Waals surface area contributed by atoms with Crippen molar-refractivity contribution in [2.75, 3.05) is 13.6 Å². The molecule has 0 aliphatic heterocycles. The van der Waals surface area contributed by atoms with Crippen LogP contribution in [0.2, 0.25) is 0 Å². The molecule has 9 heteroatoms. The Hall–Kier alpha value is -1.45. The standard InChI is InChI=1S/C14H20BrN3O4S/c1-14(2,3)18-12(19)8-17-13(20)10-7-9(5-6-11(10)15)23(21,22)16-4/h5-7,16H,8H2,1-4H3,(H,17,20)(H,18,19). The van der Waals surface area contributed by atoms with Crippen LogP contribution in [0.1, 0.15) is 31.1 Å². The minimum Gasteiger partial charge on any atom is -0.350 e. The summed E-state index contributed by atoms with van der Waals surface area (Å²) >= 11 is 3.20. The molecule has 0 fully saturated rings. The molecule has 0 unspecified atom stereocenters. The minimum atomic E-state index is -3.66. The number of rotatable bonds is 5. The highest BCUT2D eigenvalue weighted by Gasteiger charge is 2.19. The second-order valence-corrected chi connectivity index (χ2v) is 8.57.